The van der Waals surface area contributed by atoms with Crippen molar-refractivity contribution in [3.8, 4) is 0 Å². The molecule has 264 valence electrons. The van der Waals surface area contributed by atoms with Gasteiger partial charge in [0.1, 0.15) is 13.2 Å². The molecule has 0 aromatic rings. The molecule has 3 unspecified atom stereocenters. The number of aliphatic hydroxyl groups excluding tert-OH is 1. The van der Waals surface area contributed by atoms with Crippen LogP contribution in [0.4, 0.5) is 0 Å². The number of allylic oxidation sites excluding steroid dienone is 5. The summed E-state index contributed by atoms with van der Waals surface area (Å²) in [4.78, 5) is 25.0. The van der Waals surface area contributed by atoms with Gasteiger partial charge in [-0.2, -0.15) is 0 Å². The number of nitrogens with zero attached hydrogens (tertiary/aromatic N) is 1. The summed E-state index contributed by atoms with van der Waals surface area (Å²) in [5, 5.41) is 13.6. The SMILES string of the molecule is CCCC/C=C\CCCCCCCC(=O)NC(COP(=O)([O-])OCC[N+](C)(C)C)C(O)/C=C/CC/C=C/CCCCCCCC. The lowest BCUT2D eigenvalue weighted by Crippen LogP contribution is -2.45. The van der Waals surface area contributed by atoms with E-state index in [2.05, 4.69) is 43.5 Å². The highest BCUT2D eigenvalue weighted by atomic mass is 31.2. The van der Waals surface area contributed by atoms with Crippen molar-refractivity contribution in [2.45, 2.75) is 148 Å². The molecule has 45 heavy (non-hydrogen) atoms. The minimum atomic E-state index is -4.58. The number of unbranched alkanes of at least 4 members (excludes halogenated alkanes) is 14. The molecule has 0 aromatic heterocycles. The fraction of sp³-hybridized carbons (Fsp3) is 0.806. The molecule has 0 saturated heterocycles. The summed E-state index contributed by atoms with van der Waals surface area (Å²) in [6, 6.07) is -0.902. The van der Waals surface area contributed by atoms with E-state index in [0.29, 0.717) is 17.4 Å². The Hall–Kier alpha value is -1.28. The van der Waals surface area contributed by atoms with Crippen molar-refractivity contribution in [2.75, 3.05) is 40.9 Å². The molecule has 8 nitrogen and oxygen atoms in total. The molecule has 1 amide bonds. The van der Waals surface area contributed by atoms with Crippen molar-refractivity contribution >= 4 is 13.7 Å². The highest BCUT2D eigenvalue weighted by Gasteiger charge is 2.23. The number of rotatable bonds is 31. The van der Waals surface area contributed by atoms with Gasteiger partial charge >= 0.3 is 0 Å². The molecule has 0 fully saturated rings. The Bertz CT molecular complexity index is 840. The largest absolute Gasteiger partial charge is 0.756 e. The number of hydrogen-bond donors (Lipinski definition) is 2. The summed E-state index contributed by atoms with van der Waals surface area (Å²) in [7, 11) is 1.23. The molecule has 3 atom stereocenters. The number of quaternary nitrogens is 1. The van der Waals surface area contributed by atoms with Crippen LogP contribution in [-0.2, 0) is 18.4 Å². The van der Waals surface area contributed by atoms with Gasteiger partial charge in [0.15, 0.2) is 0 Å². The quantitative estimate of drug-likeness (QED) is 0.0337. The minimum absolute atomic E-state index is 0.00865. The third-order valence-corrected chi connectivity index (χ3v) is 8.54. The van der Waals surface area contributed by atoms with Crippen LogP contribution in [0, 0.1) is 0 Å². The van der Waals surface area contributed by atoms with E-state index < -0.39 is 26.6 Å². The van der Waals surface area contributed by atoms with Crippen molar-refractivity contribution in [2.24, 2.45) is 0 Å². The van der Waals surface area contributed by atoms with Gasteiger partial charge in [-0.1, -0.05) is 115 Å². The zero-order chi connectivity index (χ0) is 33.7. The smallest absolute Gasteiger partial charge is 0.268 e. The van der Waals surface area contributed by atoms with E-state index in [1.807, 2.05) is 27.2 Å². The maximum Gasteiger partial charge on any atom is 0.268 e. The maximum absolute atomic E-state index is 12.7. The van der Waals surface area contributed by atoms with Crippen molar-refractivity contribution in [1.82, 2.24) is 5.32 Å². The molecule has 0 aliphatic carbocycles. The summed E-state index contributed by atoms with van der Waals surface area (Å²) in [6.45, 7) is 4.52. The number of amides is 1. The van der Waals surface area contributed by atoms with E-state index in [-0.39, 0.29) is 12.5 Å². The highest BCUT2D eigenvalue weighted by molar-refractivity contribution is 7.45. The van der Waals surface area contributed by atoms with E-state index in [0.717, 1.165) is 64.2 Å². The first-order chi connectivity index (χ1) is 21.5. The van der Waals surface area contributed by atoms with Gasteiger partial charge in [-0.05, 0) is 51.4 Å². The van der Waals surface area contributed by atoms with E-state index in [9.17, 15) is 19.4 Å². The van der Waals surface area contributed by atoms with Crippen LogP contribution in [0.25, 0.3) is 0 Å². The van der Waals surface area contributed by atoms with Crippen LogP contribution in [-0.4, -0.2) is 68.5 Å². The van der Waals surface area contributed by atoms with Crippen LogP contribution in [0.2, 0.25) is 0 Å². The summed E-state index contributed by atoms with van der Waals surface area (Å²) < 4.78 is 23.0. The molecule has 9 heteroatoms. The number of aliphatic hydroxyl groups is 1. The molecular weight excluding hydrogens is 587 g/mol. The molecule has 0 spiro atoms. The predicted octanol–water partition coefficient (Wildman–Crippen LogP) is 8.16. The normalized spacial score (nSPS) is 15.3. The molecule has 0 heterocycles. The van der Waals surface area contributed by atoms with Gasteiger partial charge in [-0.25, -0.2) is 0 Å². The summed E-state index contributed by atoms with van der Waals surface area (Å²) in [5.74, 6) is -0.223. The lowest BCUT2D eigenvalue weighted by Gasteiger charge is -2.29. The summed E-state index contributed by atoms with van der Waals surface area (Å²) in [6.07, 6.45) is 31.9. The molecule has 0 aliphatic rings. The number of nitrogens with one attached hydrogen (secondary N) is 1. The lowest BCUT2D eigenvalue weighted by atomic mass is 10.1. The molecule has 2 N–H and O–H groups in total. The fourth-order valence-electron chi connectivity index (χ4n) is 4.62. The molecule has 0 radical (unpaired) electrons. The standard InChI is InChI=1S/C36H69N2O6P/c1-6-8-10-12-14-16-18-20-21-23-25-27-29-35(39)34(33-44-45(41,42)43-32-31-38(3,4)5)37-36(40)30-28-26-24-22-19-17-15-13-11-9-7-2/h13,15,20-21,27,29,34-35,39H,6-12,14,16-19,22-26,28,30-33H2,1-5H3,(H-,37,40,41,42)/b15-13-,21-20+,29-27+. The second kappa shape index (κ2) is 28.9. The van der Waals surface area contributed by atoms with Crippen LogP contribution in [0.3, 0.4) is 0 Å². The van der Waals surface area contributed by atoms with Crippen molar-refractivity contribution in [1.29, 1.82) is 0 Å². The van der Waals surface area contributed by atoms with Crippen molar-refractivity contribution < 1.29 is 32.9 Å². The fourth-order valence-corrected chi connectivity index (χ4v) is 5.34. The minimum Gasteiger partial charge on any atom is -0.756 e. The maximum atomic E-state index is 12.7. The highest BCUT2D eigenvalue weighted by Crippen LogP contribution is 2.38. The number of carbonyl (C=O) groups excluding carboxylic acids is 1. The van der Waals surface area contributed by atoms with Gasteiger partial charge < -0.3 is 28.8 Å². The van der Waals surface area contributed by atoms with E-state index >= 15 is 0 Å². The molecule has 0 rings (SSSR count). The Morgan fingerprint density at radius 3 is 1.87 bits per heavy atom. The number of carbonyl (C=O) groups is 1. The molecule has 0 aliphatic heterocycles. The number of phosphoric ester groups is 1. The Balaban J connectivity index is 4.67. The monoisotopic (exact) mass is 656 g/mol. The number of hydrogen-bond acceptors (Lipinski definition) is 6. The third-order valence-electron chi connectivity index (χ3n) is 7.57. The van der Waals surface area contributed by atoms with Crippen LogP contribution in [0.15, 0.2) is 36.5 Å². The average molecular weight is 657 g/mol. The van der Waals surface area contributed by atoms with Crippen LogP contribution >= 0.6 is 7.82 Å². The summed E-state index contributed by atoms with van der Waals surface area (Å²) in [5.41, 5.74) is 0. The van der Waals surface area contributed by atoms with Gasteiger partial charge in [0.05, 0.1) is 39.9 Å². The van der Waals surface area contributed by atoms with Gasteiger partial charge in [0.25, 0.3) is 7.82 Å². The molecule has 0 saturated carbocycles. The van der Waals surface area contributed by atoms with Crippen LogP contribution in [0.5, 0.6) is 0 Å². The third kappa shape index (κ3) is 31.1. The zero-order valence-electron chi connectivity index (χ0n) is 29.6. The second-order valence-electron chi connectivity index (χ2n) is 13.2. The lowest BCUT2D eigenvalue weighted by molar-refractivity contribution is -0.870. The first-order valence-electron chi connectivity index (χ1n) is 17.9. The Morgan fingerprint density at radius 1 is 0.756 bits per heavy atom. The first kappa shape index (κ1) is 43.7. The average Bonchev–Trinajstić information content (AvgIpc) is 2.97. The second-order valence-corrected chi connectivity index (χ2v) is 14.6. The Labute approximate surface area is 276 Å². The number of likely N-dealkylation sites (N-methyl/N-ethyl adjacent to an activating group) is 1. The molecule has 0 bridgehead atoms. The van der Waals surface area contributed by atoms with Gasteiger partial charge in [0.2, 0.25) is 5.91 Å². The zero-order valence-corrected chi connectivity index (χ0v) is 30.5. The molecular formula is C36H69N2O6P. The van der Waals surface area contributed by atoms with E-state index in [1.165, 1.54) is 51.4 Å². The number of phosphoric acid groups is 1. The van der Waals surface area contributed by atoms with Gasteiger partial charge in [0, 0.05) is 6.42 Å². The van der Waals surface area contributed by atoms with Gasteiger partial charge in [-0.15, -0.1) is 0 Å². The Morgan fingerprint density at radius 2 is 1.27 bits per heavy atom. The van der Waals surface area contributed by atoms with Crippen LogP contribution < -0.4 is 10.2 Å². The Kier molecular flexibility index (Phi) is 28.1. The molecule has 0 aromatic carbocycles. The first-order valence-corrected chi connectivity index (χ1v) is 19.3. The topological polar surface area (TPSA) is 108 Å². The van der Waals surface area contributed by atoms with E-state index in [1.54, 1.807) is 6.08 Å². The van der Waals surface area contributed by atoms with E-state index in [4.69, 9.17) is 9.05 Å². The van der Waals surface area contributed by atoms with Crippen molar-refractivity contribution in [3.05, 3.63) is 36.5 Å². The van der Waals surface area contributed by atoms with Crippen LogP contribution in [0.1, 0.15) is 136 Å². The van der Waals surface area contributed by atoms with Gasteiger partial charge in [-0.3, -0.25) is 9.36 Å². The summed E-state index contributed by atoms with van der Waals surface area (Å²) >= 11 is 0. The predicted molar refractivity (Wildman–Crippen MR) is 187 cm³/mol. The van der Waals surface area contributed by atoms with Crippen molar-refractivity contribution in [3.63, 3.8) is 0 Å².